The number of nitrogens with one attached hydrogen (secondary N) is 1. The van der Waals surface area contributed by atoms with Gasteiger partial charge in [-0.25, -0.2) is 13.9 Å². The van der Waals surface area contributed by atoms with Crippen molar-refractivity contribution in [2.45, 2.75) is 6.10 Å². The maximum absolute atomic E-state index is 12.8. The summed E-state index contributed by atoms with van der Waals surface area (Å²) >= 11 is 24.8. The van der Waals surface area contributed by atoms with Crippen molar-refractivity contribution in [2.24, 2.45) is 14.1 Å². The highest BCUT2D eigenvalue weighted by Crippen LogP contribution is 2.38. The van der Waals surface area contributed by atoms with Crippen LogP contribution < -0.4 is 0 Å². The minimum absolute atomic E-state index is 0.0338. The number of aliphatic hydroxyl groups is 1. The number of hydrogen-bond acceptors (Lipinski definition) is 8. The molecule has 4 aromatic carbocycles. The number of H-pyrrole nitrogens is 1. The molecule has 2 N–H and O–H groups in total. The lowest BCUT2D eigenvalue weighted by atomic mass is 10.0. The fraction of sp³-hybridized carbons (Fsp3) is 0.132. The number of halogens is 4. The van der Waals surface area contributed by atoms with E-state index in [0.717, 1.165) is 35.9 Å². The Kier molecular flexibility index (Phi) is 10.8. The Bertz CT molecular complexity index is 2890. The van der Waals surface area contributed by atoms with Gasteiger partial charge in [-0.3, -0.25) is 14.2 Å². The topological polar surface area (TPSA) is 157 Å². The maximum Gasteiger partial charge on any atom is 0.308 e. The van der Waals surface area contributed by atoms with E-state index in [1.165, 1.54) is 31.2 Å². The van der Waals surface area contributed by atoms with Crippen molar-refractivity contribution in [1.29, 1.82) is 0 Å². The molecule has 8 rings (SSSR count). The number of imidazole rings is 2. The molecule has 1 unspecified atom stereocenters. The lowest BCUT2D eigenvalue weighted by Crippen LogP contribution is -2.30. The van der Waals surface area contributed by atoms with E-state index >= 15 is 0 Å². The predicted molar refractivity (Wildman–Crippen MR) is 219 cm³/mol. The van der Waals surface area contributed by atoms with E-state index < -0.39 is 16.3 Å². The molecule has 0 aliphatic rings. The fourth-order valence-electron chi connectivity index (χ4n) is 6.39. The molecule has 0 radical (unpaired) electrons. The number of ketones is 1. The van der Waals surface area contributed by atoms with Gasteiger partial charge in [0.1, 0.15) is 16.7 Å². The summed E-state index contributed by atoms with van der Waals surface area (Å²) < 4.78 is 30.4. The first-order chi connectivity index (χ1) is 26.7. The quantitative estimate of drug-likeness (QED) is 0.146. The van der Waals surface area contributed by atoms with Crippen LogP contribution in [0, 0.1) is 0 Å². The number of aliphatic hydroxyl groups excluding tert-OH is 1. The molecular weight excluding hydrogens is 820 g/mol. The third-order valence-electron chi connectivity index (χ3n) is 8.99. The first-order valence-electron chi connectivity index (χ1n) is 16.7. The van der Waals surface area contributed by atoms with E-state index in [0.29, 0.717) is 47.9 Å². The molecule has 56 heavy (non-hydrogen) atoms. The van der Waals surface area contributed by atoms with Crippen LogP contribution in [0.1, 0.15) is 33.9 Å². The molecule has 8 aromatic rings. The largest absolute Gasteiger partial charge is 0.379 e. The molecule has 0 bridgehead atoms. The van der Waals surface area contributed by atoms with E-state index in [1.807, 2.05) is 42.5 Å². The average Bonchev–Trinajstić information content (AvgIpc) is 3.97. The van der Waals surface area contributed by atoms with Gasteiger partial charge in [-0.05, 0) is 24.3 Å². The summed E-state index contributed by atoms with van der Waals surface area (Å²) in [6.45, 7) is 0. The lowest BCUT2D eigenvalue weighted by Gasteiger charge is -2.17. The Morgan fingerprint density at radius 2 is 1.34 bits per heavy atom. The number of aromatic nitrogens is 8. The van der Waals surface area contributed by atoms with Gasteiger partial charge in [-0.15, -0.1) is 0 Å². The summed E-state index contributed by atoms with van der Waals surface area (Å²) in [5, 5.41) is 23.8. The number of carbonyl (C=O) groups excluding carboxylic acids is 1. The molecule has 0 aliphatic carbocycles. The Labute approximate surface area is 340 Å². The Hall–Kier alpha value is -5.06. The zero-order chi connectivity index (χ0) is 40.1. The van der Waals surface area contributed by atoms with Gasteiger partial charge in [0, 0.05) is 106 Å². The standard InChI is InChI=1S/C20H19Cl2N5O3S.C18H12Cl2N4O/c1-25(2)31(29,30)27-10-9-23-20(27)19(28)18-15-6-4-5-14(17(15)24-26(18)3)13-8-7-12(21)11-16(13)22;1-24-16(17(25)18-21-7-8-22-18)13-4-2-3-12(15(13)23-24)11-6-5-10(19)9-14(11)20/h4-11,19,28H,1-3H3;2-9H,1H3,(H,21,22). The maximum atomic E-state index is 12.8. The second-order valence-corrected chi connectivity index (χ2v) is 16.4. The number of carbonyl (C=O) groups is 1. The number of benzene rings is 4. The molecule has 286 valence electrons. The van der Waals surface area contributed by atoms with E-state index in [4.69, 9.17) is 46.4 Å². The van der Waals surface area contributed by atoms with Gasteiger partial charge in [-0.1, -0.05) is 94.9 Å². The highest BCUT2D eigenvalue weighted by molar-refractivity contribution is 7.87. The summed E-state index contributed by atoms with van der Waals surface area (Å²) in [5.74, 6) is 0.0303. The van der Waals surface area contributed by atoms with Gasteiger partial charge in [0.2, 0.25) is 5.78 Å². The summed E-state index contributed by atoms with van der Waals surface area (Å²) in [4.78, 5) is 23.8. The van der Waals surface area contributed by atoms with Crippen molar-refractivity contribution in [3.05, 3.63) is 141 Å². The second-order valence-electron chi connectivity index (χ2n) is 12.7. The molecule has 0 saturated heterocycles. The molecule has 1 atom stereocenters. The fourth-order valence-corrected chi connectivity index (χ4v) is 8.35. The molecule has 18 heteroatoms. The predicted octanol–water partition coefficient (Wildman–Crippen LogP) is 7.98. The van der Waals surface area contributed by atoms with Crippen molar-refractivity contribution in [3.63, 3.8) is 0 Å². The van der Waals surface area contributed by atoms with Crippen LogP contribution in [0.15, 0.2) is 97.6 Å². The van der Waals surface area contributed by atoms with E-state index in [2.05, 4.69) is 25.1 Å². The van der Waals surface area contributed by atoms with Crippen LogP contribution in [-0.4, -0.2) is 76.2 Å². The van der Waals surface area contributed by atoms with Crippen molar-refractivity contribution >= 4 is 84.2 Å². The third kappa shape index (κ3) is 7.09. The van der Waals surface area contributed by atoms with Crippen molar-refractivity contribution in [2.75, 3.05) is 14.1 Å². The third-order valence-corrected chi connectivity index (χ3v) is 11.8. The highest BCUT2D eigenvalue weighted by atomic mass is 35.5. The number of rotatable bonds is 8. The summed E-state index contributed by atoms with van der Waals surface area (Å²) in [5.41, 5.74) is 5.34. The normalized spacial score (nSPS) is 12.3. The van der Waals surface area contributed by atoms with Crippen LogP contribution in [0.4, 0.5) is 0 Å². The second kappa shape index (κ2) is 15.5. The molecule has 4 aromatic heterocycles. The number of fused-ring (bicyclic) bond motifs is 2. The van der Waals surface area contributed by atoms with Gasteiger partial charge in [-0.2, -0.15) is 22.9 Å². The van der Waals surface area contributed by atoms with Gasteiger partial charge >= 0.3 is 10.2 Å². The Morgan fingerprint density at radius 1 is 0.768 bits per heavy atom. The summed E-state index contributed by atoms with van der Waals surface area (Å²) in [7, 11) is 2.38. The van der Waals surface area contributed by atoms with E-state index in [1.54, 1.807) is 61.5 Å². The van der Waals surface area contributed by atoms with Crippen molar-refractivity contribution in [3.8, 4) is 22.3 Å². The van der Waals surface area contributed by atoms with Crippen LogP contribution in [0.5, 0.6) is 0 Å². The summed E-state index contributed by atoms with van der Waals surface area (Å²) in [6, 6.07) is 21.7. The monoisotopic (exact) mass is 849 g/mol. The molecule has 0 saturated carbocycles. The smallest absolute Gasteiger partial charge is 0.308 e. The zero-order valence-corrected chi connectivity index (χ0v) is 33.8. The molecule has 0 spiro atoms. The number of aromatic amines is 1. The molecule has 0 aliphatic heterocycles. The van der Waals surface area contributed by atoms with Crippen molar-refractivity contribution < 1.29 is 18.3 Å². The lowest BCUT2D eigenvalue weighted by molar-refractivity contribution is 0.102. The molecule has 0 fully saturated rings. The Balaban J connectivity index is 0.000000175. The van der Waals surface area contributed by atoms with Crippen molar-refractivity contribution in [1.82, 2.24) is 42.8 Å². The minimum Gasteiger partial charge on any atom is -0.379 e. The molecule has 0 amide bonds. The van der Waals surface area contributed by atoms with Crippen LogP contribution in [0.25, 0.3) is 44.1 Å². The summed E-state index contributed by atoms with van der Waals surface area (Å²) in [6.07, 6.45) is 4.45. The van der Waals surface area contributed by atoms with E-state index in [9.17, 15) is 18.3 Å². The first kappa shape index (κ1) is 39.2. The van der Waals surface area contributed by atoms with Gasteiger partial charge in [0.05, 0.1) is 5.69 Å². The molecule has 4 heterocycles. The van der Waals surface area contributed by atoms with Gasteiger partial charge in [0.15, 0.2) is 17.8 Å². The Morgan fingerprint density at radius 3 is 1.89 bits per heavy atom. The van der Waals surface area contributed by atoms with Crippen LogP contribution in [0.2, 0.25) is 20.1 Å². The van der Waals surface area contributed by atoms with Crippen LogP contribution in [0.3, 0.4) is 0 Å². The first-order valence-corrected chi connectivity index (χ1v) is 19.6. The number of nitrogens with zero attached hydrogens (tertiary/aromatic N) is 8. The number of aryl methyl sites for hydroxylation is 2. The van der Waals surface area contributed by atoms with Gasteiger partial charge < -0.3 is 10.1 Å². The van der Waals surface area contributed by atoms with E-state index in [-0.39, 0.29) is 17.4 Å². The minimum atomic E-state index is -3.86. The van der Waals surface area contributed by atoms with Crippen LogP contribution >= 0.6 is 46.4 Å². The average molecular weight is 852 g/mol. The molecule has 13 nitrogen and oxygen atoms in total. The van der Waals surface area contributed by atoms with Crippen LogP contribution in [-0.2, 0) is 24.3 Å². The SMILES string of the molecule is CN(C)S(=O)(=O)n1ccnc1C(O)c1c2cccc(-c3ccc(Cl)cc3Cl)c2nn1C.Cn1nc2c(-c3ccc(Cl)cc3Cl)cccc2c1C(=O)c1ncc[nH]1. The molecular formula is C38H31Cl4N9O4S. The zero-order valence-electron chi connectivity index (χ0n) is 30.0. The highest BCUT2D eigenvalue weighted by Gasteiger charge is 2.29. The number of hydrogen-bond donors (Lipinski definition) is 2. The van der Waals surface area contributed by atoms with Gasteiger partial charge in [0.25, 0.3) is 0 Å².